The SMILES string of the molecule is Cc1nn(CC(=O)O)c(C)c1C1=CCOCC1. The molecule has 0 aromatic carbocycles. The summed E-state index contributed by atoms with van der Waals surface area (Å²) in [5, 5.41) is 13.1. The maximum atomic E-state index is 10.7. The Balaban J connectivity index is 2.37. The van der Waals surface area contributed by atoms with Crippen molar-refractivity contribution in [2.45, 2.75) is 26.8 Å². The van der Waals surface area contributed by atoms with E-state index in [4.69, 9.17) is 9.84 Å². The van der Waals surface area contributed by atoms with Gasteiger partial charge < -0.3 is 9.84 Å². The van der Waals surface area contributed by atoms with Crippen LogP contribution in [0.3, 0.4) is 0 Å². The van der Waals surface area contributed by atoms with Crippen molar-refractivity contribution in [3.8, 4) is 0 Å². The lowest BCUT2D eigenvalue weighted by molar-refractivity contribution is -0.137. The molecule has 2 heterocycles. The second kappa shape index (κ2) is 4.71. The molecular formula is C12H16N2O3. The molecule has 1 aromatic rings. The van der Waals surface area contributed by atoms with Crippen LogP contribution in [0.4, 0.5) is 0 Å². The van der Waals surface area contributed by atoms with Gasteiger partial charge in [0.25, 0.3) is 0 Å². The molecule has 1 aliphatic rings. The molecule has 1 aliphatic heterocycles. The highest BCUT2D eigenvalue weighted by atomic mass is 16.5. The Morgan fingerprint density at radius 3 is 2.94 bits per heavy atom. The topological polar surface area (TPSA) is 64.4 Å². The highest BCUT2D eigenvalue weighted by Crippen LogP contribution is 2.27. The fourth-order valence-corrected chi connectivity index (χ4v) is 2.20. The van der Waals surface area contributed by atoms with Gasteiger partial charge in [-0.25, -0.2) is 0 Å². The van der Waals surface area contributed by atoms with Crippen molar-refractivity contribution in [2.24, 2.45) is 0 Å². The second-order valence-corrected chi connectivity index (χ2v) is 4.15. The van der Waals surface area contributed by atoms with Gasteiger partial charge in [0.2, 0.25) is 0 Å². The fraction of sp³-hybridized carbons (Fsp3) is 0.500. The molecule has 0 radical (unpaired) electrons. The highest BCUT2D eigenvalue weighted by Gasteiger charge is 2.17. The smallest absolute Gasteiger partial charge is 0.325 e. The molecule has 0 saturated carbocycles. The zero-order chi connectivity index (χ0) is 12.4. The van der Waals surface area contributed by atoms with E-state index in [1.807, 2.05) is 19.9 Å². The van der Waals surface area contributed by atoms with E-state index in [1.54, 1.807) is 4.68 Å². The predicted molar refractivity (Wildman–Crippen MR) is 62.7 cm³/mol. The first-order chi connectivity index (χ1) is 8.09. The average Bonchev–Trinajstić information content (AvgIpc) is 2.54. The maximum Gasteiger partial charge on any atom is 0.325 e. The molecule has 0 bridgehead atoms. The van der Waals surface area contributed by atoms with Crippen molar-refractivity contribution in [2.75, 3.05) is 13.2 Å². The molecule has 0 unspecified atom stereocenters. The molecule has 17 heavy (non-hydrogen) atoms. The minimum Gasteiger partial charge on any atom is -0.480 e. The average molecular weight is 236 g/mol. The zero-order valence-electron chi connectivity index (χ0n) is 10.1. The molecule has 0 atom stereocenters. The minimum absolute atomic E-state index is 0.0869. The van der Waals surface area contributed by atoms with Crippen molar-refractivity contribution in [1.82, 2.24) is 9.78 Å². The van der Waals surface area contributed by atoms with E-state index < -0.39 is 5.97 Å². The lowest BCUT2D eigenvalue weighted by atomic mass is 10.00. The number of aliphatic carboxylic acids is 1. The summed E-state index contributed by atoms with van der Waals surface area (Å²) in [6, 6.07) is 0. The Morgan fingerprint density at radius 2 is 2.35 bits per heavy atom. The van der Waals surface area contributed by atoms with Gasteiger partial charge in [-0.2, -0.15) is 5.10 Å². The Kier molecular flexibility index (Phi) is 3.28. The molecule has 0 fully saturated rings. The van der Waals surface area contributed by atoms with E-state index in [0.717, 1.165) is 30.0 Å². The van der Waals surface area contributed by atoms with Gasteiger partial charge in [-0.3, -0.25) is 9.48 Å². The Labute approximate surface area is 99.7 Å². The number of ether oxygens (including phenoxy) is 1. The number of nitrogens with zero attached hydrogens (tertiary/aromatic N) is 2. The van der Waals surface area contributed by atoms with Crippen molar-refractivity contribution < 1.29 is 14.6 Å². The lowest BCUT2D eigenvalue weighted by Crippen LogP contribution is -2.12. The van der Waals surface area contributed by atoms with Gasteiger partial charge in [0.05, 0.1) is 18.9 Å². The molecule has 1 aromatic heterocycles. The summed E-state index contributed by atoms with van der Waals surface area (Å²) in [4.78, 5) is 10.7. The fourth-order valence-electron chi connectivity index (χ4n) is 2.20. The van der Waals surface area contributed by atoms with Crippen LogP contribution in [0.2, 0.25) is 0 Å². The van der Waals surface area contributed by atoms with Gasteiger partial charge in [0, 0.05) is 11.3 Å². The molecule has 0 spiro atoms. The number of carboxylic acid groups (broad SMARTS) is 1. The Hall–Kier alpha value is -1.62. The third kappa shape index (κ3) is 2.39. The van der Waals surface area contributed by atoms with Gasteiger partial charge in [0.1, 0.15) is 6.54 Å². The largest absolute Gasteiger partial charge is 0.480 e. The second-order valence-electron chi connectivity index (χ2n) is 4.15. The standard InChI is InChI=1S/C12H16N2O3/c1-8-12(10-3-5-17-6-4-10)9(2)14(13-8)7-11(15)16/h3H,4-7H2,1-2H3,(H,15,16). The summed E-state index contributed by atoms with van der Waals surface area (Å²) in [5.41, 5.74) is 4.09. The van der Waals surface area contributed by atoms with Gasteiger partial charge in [-0.1, -0.05) is 6.08 Å². The van der Waals surface area contributed by atoms with Crippen LogP contribution in [0.1, 0.15) is 23.4 Å². The number of aryl methyl sites for hydroxylation is 1. The number of rotatable bonds is 3. The summed E-state index contributed by atoms with van der Waals surface area (Å²) in [7, 11) is 0. The first-order valence-corrected chi connectivity index (χ1v) is 5.62. The molecule has 0 saturated heterocycles. The van der Waals surface area contributed by atoms with Crippen LogP contribution in [-0.4, -0.2) is 34.1 Å². The molecule has 0 aliphatic carbocycles. The Bertz CT molecular complexity index is 474. The van der Waals surface area contributed by atoms with Crippen LogP contribution in [0, 0.1) is 13.8 Å². The van der Waals surface area contributed by atoms with Crippen LogP contribution in [-0.2, 0) is 16.1 Å². The number of hydrogen-bond donors (Lipinski definition) is 1. The molecular weight excluding hydrogens is 220 g/mol. The number of carbonyl (C=O) groups is 1. The van der Waals surface area contributed by atoms with Gasteiger partial charge in [-0.05, 0) is 25.8 Å². The minimum atomic E-state index is -0.872. The number of aromatic nitrogens is 2. The molecule has 0 amide bonds. The van der Waals surface area contributed by atoms with Gasteiger partial charge in [0.15, 0.2) is 0 Å². The summed E-state index contributed by atoms with van der Waals surface area (Å²) in [6.07, 6.45) is 2.91. The predicted octanol–water partition coefficient (Wildman–Crippen LogP) is 1.39. The first kappa shape index (κ1) is 11.9. The summed E-state index contributed by atoms with van der Waals surface area (Å²) < 4.78 is 6.82. The molecule has 5 nitrogen and oxygen atoms in total. The summed E-state index contributed by atoms with van der Waals surface area (Å²) in [6.45, 7) is 5.08. The lowest BCUT2D eigenvalue weighted by Gasteiger charge is -2.14. The van der Waals surface area contributed by atoms with Gasteiger partial charge >= 0.3 is 5.97 Å². The van der Waals surface area contributed by atoms with Crippen LogP contribution >= 0.6 is 0 Å². The number of carboxylic acids is 1. The van der Waals surface area contributed by atoms with E-state index >= 15 is 0 Å². The first-order valence-electron chi connectivity index (χ1n) is 5.62. The molecule has 92 valence electrons. The van der Waals surface area contributed by atoms with Crippen LogP contribution < -0.4 is 0 Å². The molecule has 1 N–H and O–H groups in total. The van der Waals surface area contributed by atoms with Crippen molar-refractivity contribution in [3.05, 3.63) is 23.0 Å². The monoisotopic (exact) mass is 236 g/mol. The Morgan fingerprint density at radius 1 is 1.59 bits per heavy atom. The maximum absolute atomic E-state index is 10.7. The van der Waals surface area contributed by atoms with Crippen LogP contribution in [0.25, 0.3) is 5.57 Å². The van der Waals surface area contributed by atoms with E-state index in [0.29, 0.717) is 6.61 Å². The third-order valence-electron chi connectivity index (χ3n) is 2.95. The van der Waals surface area contributed by atoms with E-state index in [-0.39, 0.29) is 6.54 Å². The third-order valence-corrected chi connectivity index (χ3v) is 2.95. The van der Waals surface area contributed by atoms with E-state index in [2.05, 4.69) is 5.10 Å². The summed E-state index contributed by atoms with van der Waals surface area (Å²) in [5.74, 6) is -0.872. The zero-order valence-corrected chi connectivity index (χ0v) is 10.1. The van der Waals surface area contributed by atoms with Crippen LogP contribution in [0.5, 0.6) is 0 Å². The van der Waals surface area contributed by atoms with Crippen LogP contribution in [0.15, 0.2) is 6.08 Å². The quantitative estimate of drug-likeness (QED) is 0.861. The van der Waals surface area contributed by atoms with E-state index in [1.165, 1.54) is 5.57 Å². The molecule has 2 rings (SSSR count). The van der Waals surface area contributed by atoms with Gasteiger partial charge in [-0.15, -0.1) is 0 Å². The number of hydrogen-bond acceptors (Lipinski definition) is 3. The van der Waals surface area contributed by atoms with Crippen molar-refractivity contribution in [1.29, 1.82) is 0 Å². The van der Waals surface area contributed by atoms with Crippen molar-refractivity contribution >= 4 is 11.5 Å². The highest BCUT2D eigenvalue weighted by molar-refractivity contribution is 5.71. The summed E-state index contributed by atoms with van der Waals surface area (Å²) >= 11 is 0. The van der Waals surface area contributed by atoms with Crippen molar-refractivity contribution in [3.63, 3.8) is 0 Å². The molecule has 5 heteroatoms. The van der Waals surface area contributed by atoms with E-state index in [9.17, 15) is 4.79 Å². The normalized spacial score (nSPS) is 15.8.